The van der Waals surface area contributed by atoms with Crippen LogP contribution in [0.2, 0.25) is 0 Å². The molecule has 0 radical (unpaired) electrons. The van der Waals surface area contributed by atoms with Gasteiger partial charge in [-0.1, -0.05) is 19.3 Å². The first-order valence-electron chi connectivity index (χ1n) is 6.43. The lowest BCUT2D eigenvalue weighted by atomic mass is 9.68. The van der Waals surface area contributed by atoms with E-state index in [9.17, 15) is 23.8 Å². The summed E-state index contributed by atoms with van der Waals surface area (Å²) in [5.41, 5.74) is -1.79. The summed E-state index contributed by atoms with van der Waals surface area (Å²) in [7, 11) is 1.16. The smallest absolute Gasteiger partial charge is 0.314 e. The maximum atomic E-state index is 13.8. The zero-order valence-electron chi connectivity index (χ0n) is 11.1. The van der Waals surface area contributed by atoms with Gasteiger partial charge in [-0.05, 0) is 12.8 Å². The Morgan fingerprint density at radius 3 is 2.35 bits per heavy atom. The molecule has 0 amide bonds. The molecule has 1 aromatic carbocycles. The lowest BCUT2D eigenvalue weighted by Crippen LogP contribution is -2.38. The predicted molar refractivity (Wildman–Crippen MR) is 67.0 cm³/mol. The van der Waals surface area contributed by atoms with Crippen LogP contribution in [-0.4, -0.2) is 23.3 Å². The zero-order valence-corrected chi connectivity index (χ0v) is 11.1. The van der Waals surface area contributed by atoms with Gasteiger partial charge in [0, 0.05) is 6.07 Å². The number of aliphatic carboxylic acids is 1. The van der Waals surface area contributed by atoms with Crippen molar-refractivity contribution in [3.05, 3.63) is 23.3 Å². The first-order chi connectivity index (χ1) is 9.44. The van der Waals surface area contributed by atoms with E-state index in [2.05, 4.69) is 0 Å². The molecule has 1 aliphatic carbocycles. The van der Waals surface area contributed by atoms with E-state index in [1.165, 1.54) is 0 Å². The number of hydrogen-bond acceptors (Lipinski definition) is 3. The molecular weight excluding hydrogens is 270 g/mol. The number of carboxylic acid groups (broad SMARTS) is 1. The number of halogens is 2. The molecule has 1 aromatic rings. The second-order valence-corrected chi connectivity index (χ2v) is 5.04. The van der Waals surface area contributed by atoms with Gasteiger partial charge in [0.05, 0.1) is 12.7 Å². The first-order valence-corrected chi connectivity index (χ1v) is 6.43. The number of benzene rings is 1. The number of phenolic OH excluding ortho intramolecular Hbond substituents is 1. The minimum Gasteiger partial charge on any atom is -0.505 e. The largest absolute Gasteiger partial charge is 0.505 e. The molecule has 2 rings (SSSR count). The summed E-state index contributed by atoms with van der Waals surface area (Å²) in [6.07, 6.45) is 2.53. The molecule has 20 heavy (non-hydrogen) atoms. The number of aromatic hydroxyl groups is 1. The predicted octanol–water partition coefficient (Wildman–Crippen LogP) is 2.97. The van der Waals surface area contributed by atoms with Crippen LogP contribution >= 0.6 is 0 Å². The fourth-order valence-electron chi connectivity index (χ4n) is 2.96. The molecule has 0 heterocycles. The van der Waals surface area contributed by atoms with E-state index in [4.69, 9.17) is 4.74 Å². The molecule has 1 saturated carbocycles. The number of rotatable bonds is 3. The van der Waals surface area contributed by atoms with Crippen LogP contribution in [0.4, 0.5) is 8.78 Å². The normalized spacial score (nSPS) is 17.8. The van der Waals surface area contributed by atoms with Gasteiger partial charge >= 0.3 is 5.97 Å². The molecule has 2 N–H and O–H groups in total. The third kappa shape index (κ3) is 2.09. The van der Waals surface area contributed by atoms with Crippen molar-refractivity contribution in [2.45, 2.75) is 37.5 Å². The summed E-state index contributed by atoms with van der Waals surface area (Å²) in [5.74, 6) is -4.62. The van der Waals surface area contributed by atoms with Crippen LogP contribution in [0.5, 0.6) is 11.5 Å². The molecule has 110 valence electrons. The third-order valence-electron chi connectivity index (χ3n) is 3.96. The van der Waals surface area contributed by atoms with Gasteiger partial charge in [-0.2, -0.15) is 0 Å². The van der Waals surface area contributed by atoms with Crippen LogP contribution < -0.4 is 4.74 Å². The lowest BCUT2D eigenvalue weighted by Gasteiger charge is -2.35. The molecule has 0 saturated heterocycles. The highest BCUT2D eigenvalue weighted by molar-refractivity contribution is 5.84. The summed E-state index contributed by atoms with van der Waals surface area (Å²) in [4.78, 5) is 11.7. The van der Waals surface area contributed by atoms with Crippen molar-refractivity contribution in [1.82, 2.24) is 0 Å². The van der Waals surface area contributed by atoms with Gasteiger partial charge in [-0.3, -0.25) is 4.79 Å². The highest BCUT2D eigenvalue weighted by Crippen LogP contribution is 2.49. The van der Waals surface area contributed by atoms with E-state index >= 15 is 0 Å². The van der Waals surface area contributed by atoms with Crippen molar-refractivity contribution in [3.8, 4) is 11.5 Å². The molecular formula is C14H16F2O4. The monoisotopic (exact) mass is 286 g/mol. The van der Waals surface area contributed by atoms with Gasteiger partial charge in [0.2, 0.25) is 0 Å². The molecule has 0 atom stereocenters. The standard InChI is InChI=1S/C14H16F2O4/c1-20-12-9(16)7-8(15)11(17)10(12)14(13(18)19)5-3-2-4-6-14/h7,17H,2-6H2,1H3,(H,18,19). The minimum atomic E-state index is -1.50. The molecule has 1 fully saturated rings. The molecule has 0 bridgehead atoms. The Morgan fingerprint density at radius 1 is 1.25 bits per heavy atom. The Bertz CT molecular complexity index is 536. The summed E-state index contributed by atoms with van der Waals surface area (Å²) < 4.78 is 32.3. The van der Waals surface area contributed by atoms with Crippen molar-refractivity contribution in [2.24, 2.45) is 0 Å². The van der Waals surface area contributed by atoms with Crippen molar-refractivity contribution in [1.29, 1.82) is 0 Å². The van der Waals surface area contributed by atoms with Crippen LogP contribution in [-0.2, 0) is 10.2 Å². The number of carbonyl (C=O) groups is 1. The van der Waals surface area contributed by atoms with Gasteiger partial charge < -0.3 is 14.9 Å². The van der Waals surface area contributed by atoms with Gasteiger partial charge in [0.15, 0.2) is 23.1 Å². The number of hydrogen-bond donors (Lipinski definition) is 2. The van der Waals surface area contributed by atoms with Crippen LogP contribution in [0.3, 0.4) is 0 Å². The SMILES string of the molecule is COc1c(F)cc(F)c(O)c1C1(C(=O)O)CCCCC1. The van der Waals surface area contributed by atoms with Gasteiger partial charge in [-0.25, -0.2) is 8.78 Å². The van der Waals surface area contributed by atoms with E-state index in [0.717, 1.165) is 13.5 Å². The third-order valence-corrected chi connectivity index (χ3v) is 3.96. The number of ether oxygens (including phenoxy) is 1. The van der Waals surface area contributed by atoms with Crippen LogP contribution in [0.25, 0.3) is 0 Å². The Balaban J connectivity index is 2.73. The Kier molecular flexibility index (Phi) is 3.83. The average molecular weight is 286 g/mol. The first kappa shape index (κ1) is 14.6. The second kappa shape index (κ2) is 5.26. The van der Waals surface area contributed by atoms with Gasteiger partial charge in [0.1, 0.15) is 5.41 Å². The van der Waals surface area contributed by atoms with Crippen molar-refractivity contribution in [2.75, 3.05) is 7.11 Å². The van der Waals surface area contributed by atoms with Crippen molar-refractivity contribution in [3.63, 3.8) is 0 Å². The van der Waals surface area contributed by atoms with E-state index in [1.54, 1.807) is 0 Å². The fraction of sp³-hybridized carbons (Fsp3) is 0.500. The highest BCUT2D eigenvalue weighted by Gasteiger charge is 2.46. The van der Waals surface area contributed by atoms with Crippen molar-refractivity contribution < 1.29 is 28.5 Å². The zero-order chi connectivity index (χ0) is 14.9. The second-order valence-electron chi connectivity index (χ2n) is 5.04. The molecule has 0 spiro atoms. The van der Waals surface area contributed by atoms with Crippen LogP contribution in [0.1, 0.15) is 37.7 Å². The molecule has 0 unspecified atom stereocenters. The van der Waals surface area contributed by atoms with Crippen LogP contribution in [0, 0.1) is 11.6 Å². The van der Waals surface area contributed by atoms with Crippen LogP contribution in [0.15, 0.2) is 6.07 Å². The topological polar surface area (TPSA) is 66.8 Å². The van der Waals surface area contributed by atoms with E-state index in [0.29, 0.717) is 18.9 Å². The summed E-state index contributed by atoms with van der Waals surface area (Å²) in [6, 6.07) is 0.496. The lowest BCUT2D eigenvalue weighted by molar-refractivity contribution is -0.145. The summed E-state index contributed by atoms with van der Waals surface area (Å²) in [6.45, 7) is 0. The Hall–Kier alpha value is -1.85. The van der Waals surface area contributed by atoms with Crippen molar-refractivity contribution >= 4 is 5.97 Å². The van der Waals surface area contributed by atoms with E-state index < -0.39 is 34.5 Å². The van der Waals surface area contributed by atoms with E-state index in [-0.39, 0.29) is 18.4 Å². The number of methoxy groups -OCH3 is 1. The maximum absolute atomic E-state index is 13.8. The molecule has 6 heteroatoms. The number of phenols is 1. The Labute approximate surface area is 115 Å². The summed E-state index contributed by atoms with van der Waals surface area (Å²) in [5, 5.41) is 19.5. The maximum Gasteiger partial charge on any atom is 0.314 e. The molecule has 0 aromatic heterocycles. The summed E-state index contributed by atoms with van der Waals surface area (Å²) >= 11 is 0. The quantitative estimate of drug-likeness (QED) is 0.896. The van der Waals surface area contributed by atoms with E-state index in [1.807, 2.05) is 0 Å². The van der Waals surface area contributed by atoms with Gasteiger partial charge in [0.25, 0.3) is 0 Å². The Morgan fingerprint density at radius 2 is 1.85 bits per heavy atom. The molecule has 4 nitrogen and oxygen atoms in total. The number of carboxylic acids is 1. The fourth-order valence-corrected chi connectivity index (χ4v) is 2.96. The minimum absolute atomic E-state index is 0.217. The molecule has 1 aliphatic rings. The highest BCUT2D eigenvalue weighted by atomic mass is 19.1. The van der Waals surface area contributed by atoms with Gasteiger partial charge in [-0.15, -0.1) is 0 Å². The average Bonchev–Trinajstić information content (AvgIpc) is 2.43. The molecule has 0 aliphatic heterocycles.